The van der Waals surface area contributed by atoms with Crippen LogP contribution in [0, 0.1) is 5.92 Å². The molecule has 0 aliphatic carbocycles. The van der Waals surface area contributed by atoms with Gasteiger partial charge in [0.1, 0.15) is 0 Å². The van der Waals surface area contributed by atoms with Crippen LogP contribution in [0.5, 0.6) is 0 Å². The first-order chi connectivity index (χ1) is 10.9. The molecule has 1 aromatic heterocycles. The minimum absolute atomic E-state index is 0.0210. The number of aromatic nitrogens is 2. The maximum Gasteiger partial charge on any atom is 0.254 e. The smallest absolute Gasteiger partial charge is 0.254 e. The lowest BCUT2D eigenvalue weighted by molar-refractivity contribution is 0.0952. The van der Waals surface area contributed by atoms with Crippen LogP contribution in [0.4, 0.5) is 0 Å². The van der Waals surface area contributed by atoms with Gasteiger partial charge in [0.25, 0.3) is 5.91 Å². The Morgan fingerprint density at radius 2 is 2.00 bits per heavy atom. The summed E-state index contributed by atoms with van der Waals surface area (Å²) in [5.41, 5.74) is 0.551. The molecular weight excluding hydrogens is 288 g/mol. The number of piperidine rings is 1. The van der Waals surface area contributed by atoms with E-state index >= 15 is 0 Å². The van der Waals surface area contributed by atoms with Crippen LogP contribution < -0.4 is 5.32 Å². The Morgan fingerprint density at radius 3 is 2.61 bits per heavy atom. The quantitative estimate of drug-likeness (QED) is 0.820. The normalized spacial score (nSPS) is 17.4. The number of carbonyl (C=O) groups excluding carboxylic acids is 1. The molecule has 2 heterocycles. The number of hydrogen-bond donors (Lipinski definition) is 1. The minimum atomic E-state index is -0.0928. The van der Waals surface area contributed by atoms with Crippen molar-refractivity contribution in [3.05, 3.63) is 18.0 Å². The highest BCUT2D eigenvalue weighted by Gasteiger charge is 2.17. The minimum Gasteiger partial charge on any atom is -0.352 e. The molecule has 1 amide bonds. The van der Waals surface area contributed by atoms with E-state index in [0.29, 0.717) is 5.56 Å². The van der Waals surface area contributed by atoms with E-state index in [2.05, 4.69) is 43.0 Å². The van der Waals surface area contributed by atoms with Crippen molar-refractivity contribution < 1.29 is 4.79 Å². The molecule has 2 rings (SSSR count). The first kappa shape index (κ1) is 18.0. The number of hydrogen-bond acceptors (Lipinski definition) is 3. The zero-order valence-electron chi connectivity index (χ0n) is 15.1. The molecule has 1 aliphatic heterocycles. The van der Waals surface area contributed by atoms with E-state index in [1.54, 1.807) is 6.20 Å². The molecule has 1 aliphatic rings. The SMILES string of the molecule is CC1CCN(CCCCNC(=O)c2cnn(C(C)(C)C)c2)CC1. The van der Waals surface area contributed by atoms with Crippen LogP contribution in [0.25, 0.3) is 0 Å². The van der Waals surface area contributed by atoms with Gasteiger partial charge in [-0.15, -0.1) is 0 Å². The highest BCUT2D eigenvalue weighted by atomic mass is 16.1. The standard InChI is InChI=1S/C18H32N4O/c1-15-7-11-21(12-8-15)10-6-5-9-19-17(23)16-13-20-22(14-16)18(2,3)4/h13-15H,5-12H2,1-4H3,(H,19,23). The largest absolute Gasteiger partial charge is 0.352 e. The van der Waals surface area contributed by atoms with Crippen LogP contribution >= 0.6 is 0 Å². The van der Waals surface area contributed by atoms with Crippen molar-refractivity contribution in [1.29, 1.82) is 0 Å². The summed E-state index contributed by atoms with van der Waals surface area (Å²) in [5.74, 6) is 0.867. The van der Waals surface area contributed by atoms with E-state index in [1.807, 2.05) is 10.9 Å². The summed E-state index contributed by atoms with van der Waals surface area (Å²) in [6.45, 7) is 12.9. The second-order valence-corrected chi connectivity index (χ2v) is 7.83. The zero-order valence-corrected chi connectivity index (χ0v) is 15.1. The molecule has 5 nitrogen and oxygen atoms in total. The molecule has 5 heteroatoms. The summed E-state index contributed by atoms with van der Waals surface area (Å²) in [4.78, 5) is 14.7. The molecular formula is C18H32N4O. The van der Waals surface area contributed by atoms with Crippen LogP contribution in [0.15, 0.2) is 12.4 Å². The maximum absolute atomic E-state index is 12.1. The molecule has 0 spiro atoms. The summed E-state index contributed by atoms with van der Waals surface area (Å²) in [5, 5.41) is 7.27. The lowest BCUT2D eigenvalue weighted by atomic mass is 9.99. The molecule has 0 saturated carbocycles. The molecule has 0 radical (unpaired) electrons. The van der Waals surface area contributed by atoms with Crippen LogP contribution in [0.1, 0.15) is 63.7 Å². The number of carbonyl (C=O) groups is 1. The van der Waals surface area contributed by atoms with Crippen molar-refractivity contribution in [2.24, 2.45) is 5.92 Å². The highest BCUT2D eigenvalue weighted by Crippen LogP contribution is 2.16. The Balaban J connectivity index is 1.62. The number of nitrogens with zero attached hydrogens (tertiary/aromatic N) is 3. The molecule has 1 saturated heterocycles. The fourth-order valence-electron chi connectivity index (χ4n) is 2.86. The van der Waals surface area contributed by atoms with Gasteiger partial charge in [0.05, 0.1) is 17.3 Å². The second-order valence-electron chi connectivity index (χ2n) is 7.83. The molecule has 1 fully saturated rings. The third kappa shape index (κ3) is 5.65. The molecule has 1 aromatic rings. The van der Waals surface area contributed by atoms with Crippen LogP contribution in [-0.2, 0) is 5.54 Å². The number of unbranched alkanes of at least 4 members (excludes halogenated alkanes) is 1. The van der Waals surface area contributed by atoms with Gasteiger partial charge in [-0.2, -0.15) is 5.10 Å². The van der Waals surface area contributed by atoms with Crippen molar-refractivity contribution in [3.63, 3.8) is 0 Å². The molecule has 23 heavy (non-hydrogen) atoms. The fraction of sp³-hybridized carbons (Fsp3) is 0.778. The van der Waals surface area contributed by atoms with Gasteiger partial charge < -0.3 is 10.2 Å². The Labute approximate surface area is 140 Å². The lowest BCUT2D eigenvalue weighted by Gasteiger charge is -2.30. The summed E-state index contributed by atoms with van der Waals surface area (Å²) in [7, 11) is 0. The molecule has 1 N–H and O–H groups in total. The summed E-state index contributed by atoms with van der Waals surface area (Å²) >= 11 is 0. The maximum atomic E-state index is 12.1. The Hall–Kier alpha value is -1.36. The number of likely N-dealkylation sites (tertiary alicyclic amines) is 1. The topological polar surface area (TPSA) is 50.2 Å². The average Bonchev–Trinajstić information content (AvgIpc) is 2.99. The van der Waals surface area contributed by atoms with Gasteiger partial charge in [0.2, 0.25) is 0 Å². The monoisotopic (exact) mass is 320 g/mol. The molecule has 0 bridgehead atoms. The van der Waals surface area contributed by atoms with Gasteiger partial charge in [-0.25, -0.2) is 0 Å². The van der Waals surface area contributed by atoms with Crippen LogP contribution in [-0.4, -0.2) is 46.8 Å². The van der Waals surface area contributed by atoms with E-state index in [0.717, 1.165) is 31.8 Å². The summed E-state index contributed by atoms with van der Waals surface area (Å²) in [6, 6.07) is 0. The first-order valence-electron chi connectivity index (χ1n) is 8.92. The molecule has 0 aromatic carbocycles. The van der Waals surface area contributed by atoms with Gasteiger partial charge in [0.15, 0.2) is 0 Å². The van der Waals surface area contributed by atoms with E-state index in [4.69, 9.17) is 0 Å². The van der Waals surface area contributed by atoms with Crippen molar-refractivity contribution in [3.8, 4) is 0 Å². The van der Waals surface area contributed by atoms with E-state index < -0.39 is 0 Å². The van der Waals surface area contributed by atoms with Gasteiger partial charge in [-0.3, -0.25) is 9.48 Å². The van der Waals surface area contributed by atoms with Crippen LogP contribution in [0.3, 0.4) is 0 Å². The predicted molar refractivity (Wildman–Crippen MR) is 93.6 cm³/mol. The van der Waals surface area contributed by atoms with Crippen molar-refractivity contribution in [1.82, 2.24) is 20.0 Å². The lowest BCUT2D eigenvalue weighted by Crippen LogP contribution is -2.34. The van der Waals surface area contributed by atoms with Gasteiger partial charge >= 0.3 is 0 Å². The fourth-order valence-corrected chi connectivity index (χ4v) is 2.86. The second kappa shape index (κ2) is 7.95. The molecule has 0 atom stereocenters. The van der Waals surface area contributed by atoms with Crippen molar-refractivity contribution >= 4 is 5.91 Å². The van der Waals surface area contributed by atoms with Gasteiger partial charge in [-0.1, -0.05) is 6.92 Å². The zero-order chi connectivity index (χ0) is 16.9. The molecule has 0 unspecified atom stereocenters. The number of amides is 1. The number of nitrogens with one attached hydrogen (secondary N) is 1. The first-order valence-corrected chi connectivity index (χ1v) is 8.92. The summed E-state index contributed by atoms with van der Waals surface area (Å²) < 4.78 is 1.83. The average molecular weight is 320 g/mol. The highest BCUT2D eigenvalue weighted by molar-refractivity contribution is 5.93. The van der Waals surface area contributed by atoms with Gasteiger partial charge in [-0.05, 0) is 72.0 Å². The third-order valence-corrected chi connectivity index (χ3v) is 4.60. The third-order valence-electron chi connectivity index (χ3n) is 4.60. The van der Waals surface area contributed by atoms with E-state index in [-0.39, 0.29) is 11.4 Å². The Morgan fingerprint density at radius 1 is 1.30 bits per heavy atom. The van der Waals surface area contributed by atoms with E-state index in [1.165, 1.54) is 25.9 Å². The predicted octanol–water partition coefficient (Wildman–Crippen LogP) is 2.88. The Bertz CT molecular complexity index is 495. The molecule has 130 valence electrons. The summed E-state index contributed by atoms with van der Waals surface area (Å²) in [6.07, 6.45) is 8.31. The Kier molecular flexibility index (Phi) is 6.22. The van der Waals surface area contributed by atoms with Gasteiger partial charge in [0, 0.05) is 12.7 Å². The van der Waals surface area contributed by atoms with Crippen LogP contribution in [0.2, 0.25) is 0 Å². The van der Waals surface area contributed by atoms with Crippen molar-refractivity contribution in [2.75, 3.05) is 26.2 Å². The van der Waals surface area contributed by atoms with E-state index in [9.17, 15) is 4.79 Å². The van der Waals surface area contributed by atoms with Crippen molar-refractivity contribution in [2.45, 2.75) is 58.9 Å². The number of rotatable bonds is 6.